The van der Waals surface area contributed by atoms with Gasteiger partial charge in [0.1, 0.15) is 0 Å². The molecule has 0 aromatic heterocycles. The molecule has 6 nitrogen and oxygen atoms in total. The van der Waals surface area contributed by atoms with Crippen LogP contribution >= 0.6 is 0 Å². The maximum Gasteiger partial charge on any atom is 0.321 e. The topological polar surface area (TPSA) is 95.5 Å². The Kier molecular flexibility index (Phi) is 6.22. The molecule has 1 rings (SSSR count). The van der Waals surface area contributed by atoms with Gasteiger partial charge < -0.3 is 10.4 Å². The van der Waals surface area contributed by atoms with E-state index in [-0.39, 0.29) is 12.8 Å². The molecule has 0 radical (unpaired) electrons. The zero-order valence-electron chi connectivity index (χ0n) is 11.3. The summed E-state index contributed by atoms with van der Waals surface area (Å²) in [4.78, 5) is 32.9. The molecule has 6 heteroatoms. The van der Waals surface area contributed by atoms with Crippen LogP contribution in [0.5, 0.6) is 0 Å². The van der Waals surface area contributed by atoms with Gasteiger partial charge in [0.15, 0.2) is 0 Å². The van der Waals surface area contributed by atoms with Crippen LogP contribution in [0.25, 0.3) is 0 Å². The van der Waals surface area contributed by atoms with Crippen LogP contribution in [0.4, 0.5) is 4.79 Å². The van der Waals surface area contributed by atoms with Gasteiger partial charge in [0.2, 0.25) is 5.91 Å². The number of aliphatic carboxylic acids is 1. The van der Waals surface area contributed by atoms with E-state index in [2.05, 4.69) is 10.6 Å². The van der Waals surface area contributed by atoms with Gasteiger partial charge in [-0.25, -0.2) is 4.79 Å². The fourth-order valence-corrected chi connectivity index (χ4v) is 1.66. The standard InChI is InChI=1S/C14H18N2O4/c1-10-4-2-3-5-11(10)8-9-15-14(20)16-12(17)6-7-13(18)19/h2-5H,6-9H2,1H3,(H,18,19)(H2,15,16,17,20). The molecule has 0 saturated heterocycles. The van der Waals surface area contributed by atoms with Crippen molar-refractivity contribution >= 4 is 17.9 Å². The monoisotopic (exact) mass is 278 g/mol. The van der Waals surface area contributed by atoms with E-state index in [9.17, 15) is 14.4 Å². The van der Waals surface area contributed by atoms with Crippen molar-refractivity contribution in [1.29, 1.82) is 0 Å². The number of nitrogens with one attached hydrogen (secondary N) is 2. The first kappa shape index (κ1) is 15.7. The highest BCUT2D eigenvalue weighted by molar-refractivity contribution is 5.95. The Balaban J connectivity index is 2.25. The Morgan fingerprint density at radius 1 is 1.15 bits per heavy atom. The maximum atomic E-state index is 11.4. The highest BCUT2D eigenvalue weighted by atomic mass is 16.4. The lowest BCUT2D eigenvalue weighted by Crippen LogP contribution is -2.40. The normalized spacial score (nSPS) is 9.85. The quantitative estimate of drug-likeness (QED) is 0.729. The Bertz CT molecular complexity index is 500. The van der Waals surface area contributed by atoms with Gasteiger partial charge in [-0.2, -0.15) is 0 Å². The number of rotatable bonds is 6. The highest BCUT2D eigenvalue weighted by Gasteiger charge is 2.09. The lowest BCUT2D eigenvalue weighted by Gasteiger charge is -2.08. The summed E-state index contributed by atoms with van der Waals surface area (Å²) in [5, 5.41) is 13.1. The lowest BCUT2D eigenvalue weighted by molar-refractivity contribution is -0.138. The third kappa shape index (κ3) is 5.99. The zero-order chi connectivity index (χ0) is 15.0. The van der Waals surface area contributed by atoms with E-state index in [1.165, 1.54) is 0 Å². The molecule has 3 N–H and O–H groups in total. The van der Waals surface area contributed by atoms with E-state index in [0.717, 1.165) is 11.1 Å². The number of carboxylic acids is 1. The molecule has 1 aromatic rings. The summed E-state index contributed by atoms with van der Waals surface area (Å²) < 4.78 is 0. The van der Waals surface area contributed by atoms with Gasteiger partial charge in [-0.15, -0.1) is 0 Å². The van der Waals surface area contributed by atoms with Gasteiger partial charge in [0, 0.05) is 13.0 Å². The second kappa shape index (κ2) is 7.93. The molecule has 0 spiro atoms. The molecule has 20 heavy (non-hydrogen) atoms. The second-order valence-corrected chi connectivity index (χ2v) is 4.37. The molecule has 3 amide bonds. The van der Waals surface area contributed by atoms with E-state index in [1.54, 1.807) is 0 Å². The summed E-state index contributed by atoms with van der Waals surface area (Å²) in [6, 6.07) is 7.24. The van der Waals surface area contributed by atoms with Crippen LogP contribution in [-0.2, 0) is 16.0 Å². The molecule has 0 aliphatic carbocycles. The van der Waals surface area contributed by atoms with Gasteiger partial charge >= 0.3 is 12.0 Å². The van der Waals surface area contributed by atoms with Gasteiger partial charge in [0.25, 0.3) is 0 Å². The maximum absolute atomic E-state index is 11.4. The number of aryl methyl sites for hydroxylation is 1. The number of hydrogen-bond acceptors (Lipinski definition) is 3. The first-order chi connectivity index (χ1) is 9.49. The largest absolute Gasteiger partial charge is 0.481 e. The van der Waals surface area contributed by atoms with Crippen molar-refractivity contribution in [3.63, 3.8) is 0 Å². The minimum absolute atomic E-state index is 0.208. The zero-order valence-corrected chi connectivity index (χ0v) is 11.3. The van der Waals surface area contributed by atoms with Crippen LogP contribution in [0, 0.1) is 6.92 Å². The number of carbonyl (C=O) groups excluding carboxylic acids is 2. The number of hydrogen-bond donors (Lipinski definition) is 3. The van der Waals surface area contributed by atoms with Crippen molar-refractivity contribution in [2.24, 2.45) is 0 Å². The number of carboxylic acid groups (broad SMARTS) is 1. The van der Waals surface area contributed by atoms with Crippen LogP contribution in [0.2, 0.25) is 0 Å². The molecule has 0 bridgehead atoms. The second-order valence-electron chi connectivity index (χ2n) is 4.37. The summed E-state index contributed by atoms with van der Waals surface area (Å²) in [5.74, 6) is -1.67. The SMILES string of the molecule is Cc1ccccc1CCNC(=O)NC(=O)CCC(=O)O. The van der Waals surface area contributed by atoms with Crippen molar-refractivity contribution in [2.45, 2.75) is 26.2 Å². The number of benzene rings is 1. The Morgan fingerprint density at radius 2 is 1.85 bits per heavy atom. The molecule has 0 atom stereocenters. The minimum atomic E-state index is -1.07. The predicted molar refractivity (Wildman–Crippen MR) is 73.3 cm³/mol. The molecule has 0 saturated carbocycles. The van der Waals surface area contributed by atoms with Crippen LogP contribution < -0.4 is 10.6 Å². The van der Waals surface area contributed by atoms with Crippen LogP contribution in [0.3, 0.4) is 0 Å². The third-order valence-corrected chi connectivity index (χ3v) is 2.76. The van der Waals surface area contributed by atoms with Crippen molar-refractivity contribution in [2.75, 3.05) is 6.54 Å². The first-order valence-electron chi connectivity index (χ1n) is 6.33. The van der Waals surface area contributed by atoms with Crippen molar-refractivity contribution in [3.05, 3.63) is 35.4 Å². The van der Waals surface area contributed by atoms with Gasteiger partial charge in [-0.1, -0.05) is 24.3 Å². The summed E-state index contributed by atoms with van der Waals surface area (Å²) in [6.07, 6.45) is 0.173. The van der Waals surface area contributed by atoms with Crippen molar-refractivity contribution in [1.82, 2.24) is 10.6 Å². The molecule has 0 unspecified atom stereocenters. The van der Waals surface area contributed by atoms with E-state index in [0.29, 0.717) is 13.0 Å². The van der Waals surface area contributed by atoms with Crippen molar-refractivity contribution in [3.8, 4) is 0 Å². The average molecular weight is 278 g/mol. The molecule has 0 aliphatic rings. The van der Waals surface area contributed by atoms with Crippen LogP contribution in [0.15, 0.2) is 24.3 Å². The van der Waals surface area contributed by atoms with Gasteiger partial charge in [0.05, 0.1) is 6.42 Å². The highest BCUT2D eigenvalue weighted by Crippen LogP contribution is 2.06. The van der Waals surface area contributed by atoms with Crippen LogP contribution in [0.1, 0.15) is 24.0 Å². The molecule has 108 valence electrons. The molecule has 0 fully saturated rings. The number of amides is 3. The fourth-order valence-electron chi connectivity index (χ4n) is 1.66. The number of carbonyl (C=O) groups is 3. The van der Waals surface area contributed by atoms with Crippen LogP contribution in [-0.4, -0.2) is 29.6 Å². The smallest absolute Gasteiger partial charge is 0.321 e. The number of imide groups is 1. The third-order valence-electron chi connectivity index (χ3n) is 2.76. The minimum Gasteiger partial charge on any atom is -0.481 e. The predicted octanol–water partition coefficient (Wildman–Crippen LogP) is 1.23. The Hall–Kier alpha value is -2.37. The fraction of sp³-hybridized carbons (Fsp3) is 0.357. The van der Waals surface area contributed by atoms with E-state index < -0.39 is 17.9 Å². The summed E-state index contributed by atoms with van der Waals surface area (Å²) in [5.41, 5.74) is 2.28. The Labute approximate surface area is 117 Å². The van der Waals surface area contributed by atoms with Crippen molar-refractivity contribution < 1.29 is 19.5 Å². The summed E-state index contributed by atoms with van der Waals surface area (Å²) >= 11 is 0. The Morgan fingerprint density at radius 3 is 2.50 bits per heavy atom. The van der Waals surface area contributed by atoms with E-state index in [4.69, 9.17) is 5.11 Å². The molecular formula is C14H18N2O4. The molecular weight excluding hydrogens is 260 g/mol. The van der Waals surface area contributed by atoms with Gasteiger partial charge in [-0.3, -0.25) is 14.9 Å². The van der Waals surface area contributed by atoms with Gasteiger partial charge in [-0.05, 0) is 24.5 Å². The molecule has 1 aromatic carbocycles. The average Bonchev–Trinajstić information content (AvgIpc) is 2.38. The summed E-state index contributed by atoms with van der Waals surface area (Å²) in [7, 11) is 0. The van der Waals surface area contributed by atoms with E-state index >= 15 is 0 Å². The number of urea groups is 1. The lowest BCUT2D eigenvalue weighted by atomic mass is 10.1. The summed E-state index contributed by atoms with van der Waals surface area (Å²) in [6.45, 7) is 2.40. The van der Waals surface area contributed by atoms with E-state index in [1.807, 2.05) is 31.2 Å². The molecule has 0 aliphatic heterocycles. The first-order valence-corrected chi connectivity index (χ1v) is 6.33. The molecule has 0 heterocycles.